The number of carbonyl (C=O) groups is 1. The van der Waals surface area contributed by atoms with Gasteiger partial charge in [0.15, 0.2) is 0 Å². The minimum atomic E-state index is -3.13. The molecule has 0 aliphatic heterocycles. The van der Waals surface area contributed by atoms with Crippen molar-refractivity contribution >= 4 is 15.9 Å². The standard InChI is InChI=1S/C17H28N2O3S/c1-6-19(14(4)12-23(5,21)22)17(20)18-16(13(2)3)15-10-8-7-9-11-15/h7-11,13-14,16H,6,12H2,1-5H3,(H,18,20)/t14-,16+/m1/s1. The molecular formula is C17H28N2O3S. The number of carbonyl (C=O) groups excluding carboxylic acids is 1. The first kappa shape index (κ1) is 19.5. The number of hydrogen-bond donors (Lipinski definition) is 1. The van der Waals surface area contributed by atoms with Crippen LogP contribution in [0.4, 0.5) is 4.79 Å². The first-order valence-electron chi connectivity index (χ1n) is 7.95. The van der Waals surface area contributed by atoms with Crippen molar-refractivity contribution in [1.29, 1.82) is 0 Å². The van der Waals surface area contributed by atoms with Gasteiger partial charge in [-0.3, -0.25) is 0 Å². The van der Waals surface area contributed by atoms with E-state index in [-0.39, 0.29) is 29.8 Å². The molecule has 0 saturated heterocycles. The summed E-state index contributed by atoms with van der Waals surface area (Å²) in [5, 5.41) is 3.04. The van der Waals surface area contributed by atoms with Crippen molar-refractivity contribution in [3.8, 4) is 0 Å². The Bertz CT molecular complexity index is 600. The average Bonchev–Trinajstić information content (AvgIpc) is 2.44. The van der Waals surface area contributed by atoms with Crippen molar-refractivity contribution in [2.45, 2.75) is 39.8 Å². The predicted molar refractivity (Wildman–Crippen MR) is 94.1 cm³/mol. The maximum Gasteiger partial charge on any atom is 0.318 e. The first-order valence-corrected chi connectivity index (χ1v) is 10.0. The fraction of sp³-hybridized carbons (Fsp3) is 0.588. The van der Waals surface area contributed by atoms with Gasteiger partial charge in [0, 0.05) is 18.8 Å². The van der Waals surface area contributed by atoms with Crippen LogP contribution in [0.25, 0.3) is 0 Å². The molecule has 2 amide bonds. The number of nitrogens with zero attached hydrogens (tertiary/aromatic N) is 1. The summed E-state index contributed by atoms with van der Waals surface area (Å²) in [7, 11) is -3.13. The summed E-state index contributed by atoms with van der Waals surface area (Å²) < 4.78 is 23.0. The van der Waals surface area contributed by atoms with Crippen molar-refractivity contribution in [1.82, 2.24) is 10.2 Å². The molecule has 0 aromatic heterocycles. The lowest BCUT2D eigenvalue weighted by Crippen LogP contribution is -2.48. The van der Waals surface area contributed by atoms with Crippen LogP contribution in [-0.2, 0) is 9.84 Å². The molecule has 0 aliphatic carbocycles. The van der Waals surface area contributed by atoms with E-state index in [1.54, 1.807) is 11.8 Å². The second-order valence-corrected chi connectivity index (χ2v) is 8.49. The number of amides is 2. The van der Waals surface area contributed by atoms with E-state index < -0.39 is 9.84 Å². The summed E-state index contributed by atoms with van der Waals surface area (Å²) in [5.74, 6) is 0.191. The highest BCUT2D eigenvalue weighted by Gasteiger charge is 2.25. The summed E-state index contributed by atoms with van der Waals surface area (Å²) in [4.78, 5) is 14.2. The van der Waals surface area contributed by atoms with E-state index in [9.17, 15) is 13.2 Å². The molecule has 0 heterocycles. The van der Waals surface area contributed by atoms with Crippen LogP contribution in [0.3, 0.4) is 0 Å². The minimum Gasteiger partial charge on any atom is -0.331 e. The van der Waals surface area contributed by atoms with Gasteiger partial charge in [-0.1, -0.05) is 44.2 Å². The monoisotopic (exact) mass is 340 g/mol. The molecule has 1 N–H and O–H groups in total. The Hall–Kier alpha value is -1.56. The highest BCUT2D eigenvalue weighted by atomic mass is 32.2. The SMILES string of the molecule is CCN(C(=O)N[C@H](c1ccccc1)C(C)C)[C@H](C)CS(C)(=O)=O. The zero-order valence-electron chi connectivity index (χ0n) is 14.6. The van der Waals surface area contributed by atoms with E-state index in [2.05, 4.69) is 5.32 Å². The lowest BCUT2D eigenvalue weighted by molar-refractivity contribution is 0.180. The molecule has 1 rings (SSSR count). The van der Waals surface area contributed by atoms with Crippen LogP contribution < -0.4 is 5.32 Å². The van der Waals surface area contributed by atoms with Gasteiger partial charge in [-0.2, -0.15) is 0 Å². The lowest BCUT2D eigenvalue weighted by Gasteiger charge is -2.31. The molecule has 130 valence electrons. The average molecular weight is 340 g/mol. The maximum atomic E-state index is 12.6. The number of urea groups is 1. The predicted octanol–water partition coefficient (Wildman–Crippen LogP) is 2.85. The summed E-state index contributed by atoms with van der Waals surface area (Å²) in [6, 6.07) is 9.10. The van der Waals surface area contributed by atoms with Crippen molar-refractivity contribution in [3.63, 3.8) is 0 Å². The Balaban J connectivity index is 2.88. The van der Waals surface area contributed by atoms with Crippen LogP contribution in [-0.4, -0.2) is 43.9 Å². The van der Waals surface area contributed by atoms with Gasteiger partial charge in [0.1, 0.15) is 9.84 Å². The summed E-state index contributed by atoms with van der Waals surface area (Å²) in [6.45, 7) is 8.17. The Morgan fingerprint density at radius 2 is 1.74 bits per heavy atom. The van der Waals surface area contributed by atoms with Gasteiger partial charge < -0.3 is 10.2 Å². The van der Waals surface area contributed by atoms with Crippen molar-refractivity contribution in [3.05, 3.63) is 35.9 Å². The second kappa shape index (κ2) is 8.34. The van der Waals surface area contributed by atoms with Gasteiger partial charge in [-0.15, -0.1) is 0 Å². The van der Waals surface area contributed by atoms with Crippen molar-refractivity contribution < 1.29 is 13.2 Å². The molecule has 0 spiro atoms. The number of sulfone groups is 1. The third kappa shape index (κ3) is 6.22. The number of nitrogens with one attached hydrogen (secondary N) is 1. The molecule has 2 atom stereocenters. The lowest BCUT2D eigenvalue weighted by atomic mass is 9.96. The molecule has 6 heteroatoms. The van der Waals surface area contributed by atoms with Crippen molar-refractivity contribution in [2.75, 3.05) is 18.6 Å². The molecule has 0 fully saturated rings. The topological polar surface area (TPSA) is 66.5 Å². The number of benzene rings is 1. The largest absolute Gasteiger partial charge is 0.331 e. The normalized spacial score (nSPS) is 14.3. The van der Waals surface area contributed by atoms with Crippen molar-refractivity contribution in [2.24, 2.45) is 5.92 Å². The van der Waals surface area contributed by atoms with Gasteiger partial charge in [-0.25, -0.2) is 13.2 Å². The summed E-state index contributed by atoms with van der Waals surface area (Å²) >= 11 is 0. The molecule has 23 heavy (non-hydrogen) atoms. The van der Waals surface area contributed by atoms with Crippen LogP contribution in [0.15, 0.2) is 30.3 Å². The zero-order chi connectivity index (χ0) is 17.6. The highest BCUT2D eigenvalue weighted by molar-refractivity contribution is 7.90. The van der Waals surface area contributed by atoms with Crippen LogP contribution in [0.2, 0.25) is 0 Å². The maximum absolute atomic E-state index is 12.6. The molecule has 5 nitrogen and oxygen atoms in total. The summed E-state index contributed by atoms with van der Waals surface area (Å²) in [6.07, 6.45) is 1.19. The van der Waals surface area contributed by atoms with E-state index in [0.717, 1.165) is 5.56 Å². The Kier molecular flexibility index (Phi) is 7.06. The van der Waals surface area contributed by atoms with E-state index in [1.807, 2.05) is 51.1 Å². The van der Waals surface area contributed by atoms with Gasteiger partial charge in [0.2, 0.25) is 0 Å². The fourth-order valence-electron chi connectivity index (χ4n) is 2.69. The Morgan fingerprint density at radius 1 is 1.17 bits per heavy atom. The van der Waals surface area contributed by atoms with E-state index in [4.69, 9.17) is 0 Å². The molecule has 0 bridgehead atoms. The third-order valence-corrected chi connectivity index (χ3v) is 4.87. The quantitative estimate of drug-likeness (QED) is 0.830. The molecule has 0 saturated carbocycles. The number of hydrogen-bond acceptors (Lipinski definition) is 3. The molecule has 1 aromatic rings. The third-order valence-electron chi connectivity index (χ3n) is 3.78. The van der Waals surface area contributed by atoms with Gasteiger partial charge in [0.05, 0.1) is 11.8 Å². The van der Waals surface area contributed by atoms with E-state index in [0.29, 0.717) is 6.54 Å². The van der Waals surface area contributed by atoms with Crippen LogP contribution >= 0.6 is 0 Å². The molecule has 0 radical (unpaired) electrons. The van der Waals surface area contributed by atoms with Gasteiger partial charge in [-0.05, 0) is 25.3 Å². The van der Waals surface area contributed by atoms with E-state index >= 15 is 0 Å². The van der Waals surface area contributed by atoms with Crippen LogP contribution in [0, 0.1) is 5.92 Å². The summed E-state index contributed by atoms with van der Waals surface area (Å²) in [5.41, 5.74) is 1.04. The highest BCUT2D eigenvalue weighted by Crippen LogP contribution is 2.21. The number of rotatable bonds is 7. The minimum absolute atomic E-state index is 0.0358. The van der Waals surface area contributed by atoms with Crippen LogP contribution in [0.5, 0.6) is 0 Å². The smallest absolute Gasteiger partial charge is 0.318 e. The van der Waals surface area contributed by atoms with Gasteiger partial charge in [0.25, 0.3) is 0 Å². The Labute approximate surface area is 140 Å². The zero-order valence-corrected chi connectivity index (χ0v) is 15.4. The fourth-order valence-corrected chi connectivity index (χ4v) is 3.75. The Morgan fingerprint density at radius 3 is 2.17 bits per heavy atom. The second-order valence-electron chi connectivity index (χ2n) is 6.31. The van der Waals surface area contributed by atoms with E-state index in [1.165, 1.54) is 6.26 Å². The molecule has 0 aliphatic rings. The first-order chi connectivity index (χ1) is 10.7. The molecule has 1 aromatic carbocycles. The molecular weight excluding hydrogens is 312 g/mol. The molecule has 0 unspecified atom stereocenters. The van der Waals surface area contributed by atoms with Crippen LogP contribution in [0.1, 0.15) is 39.3 Å². The van der Waals surface area contributed by atoms with Gasteiger partial charge >= 0.3 is 6.03 Å².